The molecular formula is C58H97N5O41. The quantitative estimate of drug-likeness (QED) is 0.0363. The van der Waals surface area contributed by atoms with E-state index in [0.717, 1.165) is 34.6 Å². The van der Waals surface area contributed by atoms with Gasteiger partial charge in [-0.15, -0.1) is 0 Å². The molecule has 0 saturated carbocycles. The average Bonchev–Trinajstić information content (AvgIpc) is 0.767. The van der Waals surface area contributed by atoms with Gasteiger partial charge in [0.25, 0.3) is 0 Å². The molecule has 26 N–H and O–H groups in total. The first-order valence-electron chi connectivity index (χ1n) is 33.1. The van der Waals surface area contributed by atoms with E-state index in [-0.39, 0.29) is 0 Å². The molecule has 5 amide bonds. The van der Waals surface area contributed by atoms with Gasteiger partial charge in [-0.3, -0.25) is 24.0 Å². The van der Waals surface area contributed by atoms with Gasteiger partial charge in [0.15, 0.2) is 50.3 Å². The van der Waals surface area contributed by atoms with E-state index >= 15 is 0 Å². The van der Waals surface area contributed by atoms with E-state index in [1.807, 2.05) is 0 Å². The van der Waals surface area contributed by atoms with Gasteiger partial charge in [0.2, 0.25) is 29.5 Å². The van der Waals surface area contributed by atoms with Gasteiger partial charge in [-0.05, 0) is 0 Å². The molecule has 8 heterocycles. The number of hydrogen-bond donors (Lipinski definition) is 26. The zero-order valence-electron chi connectivity index (χ0n) is 56.3. The summed E-state index contributed by atoms with van der Waals surface area (Å²) in [6.45, 7) is -3.83. The maximum Gasteiger partial charge on any atom is 0.217 e. The van der Waals surface area contributed by atoms with Crippen LogP contribution in [0.2, 0.25) is 0 Å². The molecule has 0 bridgehead atoms. The molecule has 0 aromatic rings. The first-order chi connectivity index (χ1) is 49.1. The minimum atomic E-state index is -2.61. The molecule has 0 spiro atoms. The van der Waals surface area contributed by atoms with E-state index in [9.17, 15) is 131 Å². The molecule has 0 radical (unpaired) electrons. The second-order valence-corrected chi connectivity index (χ2v) is 26.1. The van der Waals surface area contributed by atoms with Crippen LogP contribution in [-0.2, 0) is 95.0 Å². The lowest BCUT2D eigenvalue weighted by molar-refractivity contribution is -0.406. The second-order valence-electron chi connectivity index (χ2n) is 26.1. The molecule has 0 unspecified atom stereocenters. The van der Waals surface area contributed by atoms with Gasteiger partial charge in [0.1, 0.15) is 195 Å². The number of carbonyl (C=O) groups excluding carboxylic acids is 5. The zero-order valence-corrected chi connectivity index (χ0v) is 56.3. The molecule has 104 heavy (non-hydrogen) atoms. The average molecular weight is 1520 g/mol. The summed E-state index contributed by atoms with van der Waals surface area (Å²) in [6.07, 6.45) is -73.8. The van der Waals surface area contributed by atoms with Gasteiger partial charge < -0.3 is 205 Å². The van der Waals surface area contributed by atoms with Gasteiger partial charge in [0, 0.05) is 34.6 Å². The van der Waals surface area contributed by atoms with Crippen molar-refractivity contribution in [1.82, 2.24) is 26.6 Å². The molecule has 40 atom stereocenters. The topological polar surface area (TPSA) is 709 Å². The van der Waals surface area contributed by atoms with Crippen LogP contribution in [-0.4, -0.2) is 435 Å². The number of aliphatic hydroxyl groups is 21. The fraction of sp³-hybridized carbons (Fsp3) is 0.914. The summed E-state index contributed by atoms with van der Waals surface area (Å²) in [5.41, 5.74) is 0. The van der Waals surface area contributed by atoms with Gasteiger partial charge in [0.05, 0.1) is 52.9 Å². The maximum atomic E-state index is 13.0. The Morgan fingerprint density at radius 3 is 0.923 bits per heavy atom. The molecule has 8 saturated heterocycles. The molecule has 600 valence electrons. The normalized spacial score (nSPS) is 47.2. The number of carbonyl (C=O) groups is 5. The van der Waals surface area contributed by atoms with E-state index in [2.05, 4.69) is 26.6 Å². The molecule has 0 aliphatic carbocycles. The van der Waals surface area contributed by atoms with Crippen LogP contribution < -0.4 is 26.6 Å². The Bertz CT molecular complexity index is 2770. The lowest BCUT2D eigenvalue weighted by atomic mass is 9.94. The summed E-state index contributed by atoms with van der Waals surface area (Å²) in [7, 11) is 0. The summed E-state index contributed by atoms with van der Waals surface area (Å²) in [5, 5.41) is 246. The summed E-state index contributed by atoms with van der Waals surface area (Å²) in [4.78, 5) is 63.1. The largest absolute Gasteiger partial charge is 0.394 e. The molecule has 8 fully saturated rings. The summed E-state index contributed by atoms with van der Waals surface area (Å²) < 4.78 is 91.3. The van der Waals surface area contributed by atoms with E-state index in [1.54, 1.807) is 0 Å². The van der Waals surface area contributed by atoms with Crippen molar-refractivity contribution in [3.05, 3.63) is 0 Å². The first-order valence-corrected chi connectivity index (χ1v) is 33.1. The standard InChI is InChI=1S/C58H97N5O41/c1-14(70)59-27-42(85)46(24(11-69)92-51(27)89)100-56-45(88)48(102-58-50(43(86)36(79)23(10-68)97-58)104-55-31(63-18(5)74)41(84)35(78)22(9-67)96-55)47(101-53-29(61-16(3)72)39(82)33(76)20(7-65)94-53)26(99-56)13-91-57-49(103-54-30(62-17(4)73)40(83)34(77)21(8-66)95-54)44(87)37(80)25(98-57)12-90-52-28(60-15(2)71)38(81)32(75)19(6-64)93-52/h19-58,64-69,75-89H,6-13H2,1-5H3,(H,59,70)(H,60,71)(H,61,72)(H,62,73)(H,63,74)/t19-,20-,21-,22-,23-,24-,25-,26-,27-,28-,29-,30-,31-,32-,33-,34-,35-,36-,37-,38-,39-,40-,41-,42-,43+,44+,45+,46-,47-,48-,49+,50+,51-,52-,53+,54+,55+,56+,57+,58-/m1/s1. The number of nitrogens with one attached hydrogen (secondary N) is 5. The third-order valence-corrected chi connectivity index (χ3v) is 18.6. The van der Waals surface area contributed by atoms with Crippen LogP contribution in [0.5, 0.6) is 0 Å². The molecule has 8 aliphatic heterocycles. The van der Waals surface area contributed by atoms with Crippen molar-refractivity contribution in [3.8, 4) is 0 Å². The Kier molecular flexibility index (Phi) is 30.9. The molecule has 0 aromatic carbocycles. The third-order valence-electron chi connectivity index (χ3n) is 18.6. The minimum Gasteiger partial charge on any atom is -0.394 e. The third kappa shape index (κ3) is 19.4. The van der Waals surface area contributed by atoms with Crippen LogP contribution in [0.25, 0.3) is 0 Å². The highest BCUT2D eigenvalue weighted by atomic mass is 16.8. The van der Waals surface area contributed by atoms with E-state index in [0.29, 0.717) is 0 Å². The maximum absolute atomic E-state index is 13.0. The fourth-order valence-corrected chi connectivity index (χ4v) is 13.3. The van der Waals surface area contributed by atoms with Crippen molar-refractivity contribution in [3.63, 3.8) is 0 Å². The van der Waals surface area contributed by atoms with E-state index in [4.69, 9.17) is 71.1 Å². The van der Waals surface area contributed by atoms with Crippen molar-refractivity contribution in [2.45, 2.75) is 280 Å². The fourth-order valence-electron chi connectivity index (χ4n) is 13.3. The Morgan fingerprint density at radius 1 is 0.250 bits per heavy atom. The van der Waals surface area contributed by atoms with Crippen LogP contribution in [0.4, 0.5) is 0 Å². The second kappa shape index (κ2) is 37.5. The predicted octanol–water partition coefficient (Wildman–Crippen LogP) is -17.7. The summed E-state index contributed by atoms with van der Waals surface area (Å²) >= 11 is 0. The van der Waals surface area contributed by atoms with Crippen LogP contribution in [0.1, 0.15) is 34.6 Å². The number of hydrogen-bond acceptors (Lipinski definition) is 41. The van der Waals surface area contributed by atoms with Gasteiger partial charge >= 0.3 is 0 Å². The van der Waals surface area contributed by atoms with Crippen molar-refractivity contribution in [2.24, 2.45) is 0 Å². The summed E-state index contributed by atoms with van der Waals surface area (Å²) in [6, 6.07) is -9.04. The molecule has 8 rings (SSSR count). The number of rotatable bonds is 27. The first kappa shape index (κ1) is 85.5. The van der Waals surface area contributed by atoms with Crippen LogP contribution in [0, 0.1) is 0 Å². The summed E-state index contributed by atoms with van der Waals surface area (Å²) in [5.74, 6) is -4.40. The van der Waals surface area contributed by atoms with Gasteiger partial charge in [-0.25, -0.2) is 0 Å². The predicted molar refractivity (Wildman–Crippen MR) is 322 cm³/mol. The number of ether oxygens (including phenoxy) is 15. The van der Waals surface area contributed by atoms with E-state index in [1.165, 1.54) is 0 Å². The molecular weight excluding hydrogens is 1420 g/mol. The smallest absolute Gasteiger partial charge is 0.217 e. The lowest BCUT2D eigenvalue weighted by Gasteiger charge is -2.52. The lowest BCUT2D eigenvalue weighted by Crippen LogP contribution is -2.71. The Hall–Kier alpha value is -4.09. The van der Waals surface area contributed by atoms with Crippen LogP contribution in [0.3, 0.4) is 0 Å². The van der Waals surface area contributed by atoms with Crippen molar-refractivity contribution >= 4 is 29.5 Å². The number of amides is 5. The zero-order chi connectivity index (χ0) is 76.8. The Labute approximate surface area is 589 Å². The SMILES string of the molecule is CC(=O)N[C@@H]1[C@@H](O)[C@H](O[C@@H]2O[C@H](CO[C@H]3O[C@H](CO[C@@H]4O[C@H](CO)[C@@H](O)[C@H](O)[C@H]4NC(C)=O)[C@@H](O)[C@H](O)[C@@H]3O[C@@H]3O[C@H](CO)[C@@H](O)[C@H](O)[C@H]3NC(C)=O)[C@@H](O[C@@H]3O[C@H](CO)[C@@H](O)[C@H](O)[C@H]3NC(C)=O)[C@H](O[C@H]3O[C@H](CO)[C@@H](O)[C@H](O)[C@@H]3O[C@@H]3O[C@H](CO)[C@@H](O)[C@H](O)[C@H]3NC(C)=O)[C@@H]2O)[C@@H](CO)O[C@H]1O. The number of aliphatic hydroxyl groups excluding tert-OH is 21. The highest BCUT2D eigenvalue weighted by Gasteiger charge is 2.60. The Morgan fingerprint density at radius 2 is 0.529 bits per heavy atom. The van der Waals surface area contributed by atoms with Crippen molar-refractivity contribution in [2.75, 3.05) is 52.9 Å². The molecule has 0 aromatic heterocycles. The molecule has 8 aliphatic rings. The van der Waals surface area contributed by atoms with Gasteiger partial charge in [-0.1, -0.05) is 0 Å². The highest BCUT2D eigenvalue weighted by molar-refractivity contribution is 5.75. The van der Waals surface area contributed by atoms with Gasteiger partial charge in [-0.2, -0.15) is 0 Å². The van der Waals surface area contributed by atoms with Crippen molar-refractivity contribution in [1.29, 1.82) is 0 Å². The van der Waals surface area contributed by atoms with Crippen molar-refractivity contribution < 1.29 is 202 Å². The van der Waals surface area contributed by atoms with Crippen LogP contribution >= 0.6 is 0 Å². The van der Waals surface area contributed by atoms with Crippen LogP contribution in [0.15, 0.2) is 0 Å². The monoisotopic (exact) mass is 1520 g/mol. The highest BCUT2D eigenvalue weighted by Crippen LogP contribution is 2.40. The molecule has 46 nitrogen and oxygen atoms in total. The minimum absolute atomic E-state index is 0.801. The Balaban J connectivity index is 1.28. The molecule has 46 heteroatoms. The van der Waals surface area contributed by atoms with E-state index < -0.39 is 328 Å².